The highest BCUT2D eigenvalue weighted by Gasteiger charge is 1.91. The third-order valence-corrected chi connectivity index (χ3v) is 3.02. The van der Waals surface area contributed by atoms with Gasteiger partial charge in [0.25, 0.3) is 0 Å². The van der Waals surface area contributed by atoms with Crippen LogP contribution in [0.4, 0.5) is 0 Å². The van der Waals surface area contributed by atoms with Crippen molar-refractivity contribution in [2.24, 2.45) is 0 Å². The van der Waals surface area contributed by atoms with Crippen LogP contribution >= 0.6 is 15.9 Å². The second kappa shape index (κ2) is 13.0. The van der Waals surface area contributed by atoms with E-state index in [1.807, 2.05) is 0 Å². The minimum atomic E-state index is 0.964. The van der Waals surface area contributed by atoms with E-state index in [2.05, 4.69) is 21.9 Å². The van der Waals surface area contributed by atoms with E-state index in [-0.39, 0.29) is 0 Å². The summed E-state index contributed by atoms with van der Waals surface area (Å²) in [4.78, 5) is 0. The molecule has 0 N–H and O–H groups in total. The molecular weight excluding hydrogens is 236 g/mol. The summed E-state index contributed by atoms with van der Waals surface area (Å²) in [6.45, 7) is 0. The lowest BCUT2D eigenvalue weighted by Gasteiger charge is -2.00. The number of terminal acetylenes is 1. The summed E-state index contributed by atoms with van der Waals surface area (Å²) in [6, 6.07) is 0. The van der Waals surface area contributed by atoms with Gasteiger partial charge in [-0.25, -0.2) is 0 Å². The van der Waals surface area contributed by atoms with E-state index < -0.39 is 0 Å². The number of hydrogen-bond donors (Lipinski definition) is 0. The Bertz CT molecular complexity index is 135. The molecule has 0 aromatic rings. The molecule has 0 fully saturated rings. The van der Waals surface area contributed by atoms with E-state index in [1.165, 1.54) is 63.1 Å². The van der Waals surface area contributed by atoms with Crippen molar-refractivity contribution in [3.05, 3.63) is 0 Å². The molecule has 0 nitrogen and oxygen atoms in total. The number of hydrogen-bond acceptors (Lipinski definition) is 0. The molecule has 14 heavy (non-hydrogen) atoms. The second-order valence-electron chi connectivity index (χ2n) is 3.83. The van der Waals surface area contributed by atoms with Crippen molar-refractivity contribution < 1.29 is 0 Å². The van der Waals surface area contributed by atoms with E-state index in [9.17, 15) is 0 Å². The Kier molecular flexibility index (Phi) is 13.1. The Morgan fingerprint density at radius 1 is 0.714 bits per heavy atom. The van der Waals surface area contributed by atoms with Gasteiger partial charge < -0.3 is 0 Å². The first kappa shape index (κ1) is 14.0. The molecule has 0 rings (SSSR count). The molecule has 0 saturated heterocycles. The third-order valence-electron chi connectivity index (χ3n) is 2.45. The number of halogens is 1. The molecule has 0 heterocycles. The van der Waals surface area contributed by atoms with E-state index in [1.54, 1.807) is 0 Å². The van der Waals surface area contributed by atoms with Gasteiger partial charge in [-0.2, -0.15) is 0 Å². The van der Waals surface area contributed by atoms with Gasteiger partial charge in [0.05, 0.1) is 0 Å². The van der Waals surface area contributed by atoms with Crippen LogP contribution in [0.1, 0.15) is 64.2 Å². The first-order chi connectivity index (χ1) is 6.91. The predicted octanol–water partition coefficient (Wildman–Crippen LogP) is 4.92. The second-order valence-corrected chi connectivity index (χ2v) is 4.62. The first-order valence-electron chi connectivity index (χ1n) is 5.91. The topological polar surface area (TPSA) is 0 Å². The summed E-state index contributed by atoms with van der Waals surface area (Å²) in [5.41, 5.74) is 0. The Hall–Kier alpha value is 0.0400. The molecule has 0 spiro atoms. The van der Waals surface area contributed by atoms with Crippen LogP contribution in [-0.4, -0.2) is 5.33 Å². The summed E-state index contributed by atoms with van der Waals surface area (Å²) in [7, 11) is 0. The van der Waals surface area contributed by atoms with E-state index in [4.69, 9.17) is 6.42 Å². The third kappa shape index (κ3) is 12.0. The van der Waals surface area contributed by atoms with Gasteiger partial charge >= 0.3 is 0 Å². The molecule has 0 bridgehead atoms. The Morgan fingerprint density at radius 3 is 1.57 bits per heavy atom. The summed E-state index contributed by atoms with van der Waals surface area (Å²) < 4.78 is 0. The van der Waals surface area contributed by atoms with Gasteiger partial charge in [0.2, 0.25) is 0 Å². The van der Waals surface area contributed by atoms with Crippen LogP contribution in [0.25, 0.3) is 0 Å². The van der Waals surface area contributed by atoms with Gasteiger partial charge in [-0.1, -0.05) is 60.9 Å². The normalized spacial score (nSPS) is 10.0. The summed E-state index contributed by atoms with van der Waals surface area (Å²) in [6.07, 6.45) is 18.4. The van der Waals surface area contributed by atoms with Crippen LogP contribution in [0.5, 0.6) is 0 Å². The number of alkyl halides is 1. The average molecular weight is 259 g/mol. The van der Waals surface area contributed by atoms with Crippen LogP contribution < -0.4 is 0 Å². The SMILES string of the molecule is C#CCCCCCCCCCCCBr. The molecule has 1 heteroatoms. The molecule has 0 aliphatic carbocycles. The van der Waals surface area contributed by atoms with E-state index in [0.29, 0.717) is 0 Å². The van der Waals surface area contributed by atoms with Gasteiger partial charge in [0, 0.05) is 11.8 Å². The molecular formula is C13H23Br. The monoisotopic (exact) mass is 258 g/mol. The molecule has 0 aromatic carbocycles. The van der Waals surface area contributed by atoms with Gasteiger partial charge in [-0.3, -0.25) is 0 Å². The van der Waals surface area contributed by atoms with Crippen molar-refractivity contribution in [2.75, 3.05) is 5.33 Å². The molecule has 0 amide bonds. The molecule has 0 aromatic heterocycles. The maximum absolute atomic E-state index is 5.18. The Morgan fingerprint density at radius 2 is 1.14 bits per heavy atom. The van der Waals surface area contributed by atoms with Crippen LogP contribution in [0.2, 0.25) is 0 Å². The lowest BCUT2D eigenvalue weighted by Crippen LogP contribution is -1.82. The number of rotatable bonds is 10. The van der Waals surface area contributed by atoms with Crippen molar-refractivity contribution in [3.8, 4) is 12.3 Å². The lowest BCUT2D eigenvalue weighted by molar-refractivity contribution is 0.569. The zero-order valence-corrected chi connectivity index (χ0v) is 10.8. The zero-order valence-electron chi connectivity index (χ0n) is 9.23. The van der Waals surface area contributed by atoms with Crippen molar-refractivity contribution >= 4 is 15.9 Å². The fourth-order valence-corrected chi connectivity index (χ4v) is 1.96. The average Bonchev–Trinajstić information content (AvgIpc) is 2.21. The standard InChI is InChI=1S/C13H23Br/c1-2-3-4-5-6-7-8-9-10-11-12-13-14/h1H,3-13H2. The molecule has 0 atom stereocenters. The van der Waals surface area contributed by atoms with Crippen LogP contribution in [0.15, 0.2) is 0 Å². The van der Waals surface area contributed by atoms with Crippen molar-refractivity contribution in [2.45, 2.75) is 64.2 Å². The lowest BCUT2D eigenvalue weighted by atomic mass is 10.1. The maximum Gasteiger partial charge on any atom is 0.00860 e. The Labute approximate surface area is 98.0 Å². The summed E-state index contributed by atoms with van der Waals surface area (Å²) in [5.74, 6) is 2.69. The number of unbranched alkanes of at least 4 members (excludes halogenated alkanes) is 9. The fourth-order valence-electron chi connectivity index (χ4n) is 1.56. The smallest absolute Gasteiger partial charge is 0.00860 e. The van der Waals surface area contributed by atoms with Crippen LogP contribution in [0, 0.1) is 12.3 Å². The fraction of sp³-hybridized carbons (Fsp3) is 0.846. The van der Waals surface area contributed by atoms with E-state index >= 15 is 0 Å². The van der Waals surface area contributed by atoms with E-state index in [0.717, 1.165) is 6.42 Å². The van der Waals surface area contributed by atoms with Gasteiger partial charge in [-0.15, -0.1) is 12.3 Å². The molecule has 0 unspecified atom stereocenters. The predicted molar refractivity (Wildman–Crippen MR) is 68.8 cm³/mol. The highest BCUT2D eigenvalue weighted by molar-refractivity contribution is 9.09. The zero-order chi connectivity index (χ0) is 10.5. The first-order valence-corrected chi connectivity index (χ1v) is 7.03. The van der Waals surface area contributed by atoms with Crippen molar-refractivity contribution in [3.63, 3.8) is 0 Å². The van der Waals surface area contributed by atoms with Crippen LogP contribution in [0.3, 0.4) is 0 Å². The van der Waals surface area contributed by atoms with Crippen molar-refractivity contribution in [1.82, 2.24) is 0 Å². The highest BCUT2D eigenvalue weighted by Crippen LogP contribution is 2.10. The Balaban J connectivity index is 2.82. The van der Waals surface area contributed by atoms with Gasteiger partial charge in [-0.05, 0) is 12.8 Å². The summed E-state index contributed by atoms with van der Waals surface area (Å²) in [5, 5.41) is 1.17. The minimum Gasteiger partial charge on any atom is -0.120 e. The minimum absolute atomic E-state index is 0.964. The molecule has 0 aliphatic heterocycles. The highest BCUT2D eigenvalue weighted by atomic mass is 79.9. The van der Waals surface area contributed by atoms with Gasteiger partial charge in [0.15, 0.2) is 0 Å². The van der Waals surface area contributed by atoms with Gasteiger partial charge in [0.1, 0.15) is 0 Å². The van der Waals surface area contributed by atoms with Crippen molar-refractivity contribution in [1.29, 1.82) is 0 Å². The maximum atomic E-state index is 5.18. The molecule has 0 saturated carbocycles. The quantitative estimate of drug-likeness (QED) is 0.297. The molecule has 0 aliphatic rings. The van der Waals surface area contributed by atoms with Crippen LogP contribution in [-0.2, 0) is 0 Å². The molecule has 82 valence electrons. The summed E-state index contributed by atoms with van der Waals surface area (Å²) >= 11 is 3.45. The molecule has 0 radical (unpaired) electrons. The largest absolute Gasteiger partial charge is 0.120 e.